The molecule has 1 fully saturated rings. The number of nitrogens with one attached hydrogen (secondary N) is 1. The summed E-state index contributed by atoms with van der Waals surface area (Å²) in [5.74, 6) is 0.747. The number of para-hydroxylation sites is 1. The van der Waals surface area contributed by atoms with Crippen molar-refractivity contribution in [1.82, 2.24) is 0 Å². The van der Waals surface area contributed by atoms with Gasteiger partial charge in [0.15, 0.2) is 11.5 Å². The molecule has 0 bridgehead atoms. The molecule has 1 saturated heterocycles. The zero-order valence-electron chi connectivity index (χ0n) is 14.1. The number of quaternary nitrogens is 1. The van der Waals surface area contributed by atoms with E-state index in [1.54, 1.807) is 18.2 Å². The van der Waals surface area contributed by atoms with Crippen molar-refractivity contribution in [1.29, 1.82) is 0 Å². The van der Waals surface area contributed by atoms with Crippen LogP contribution in [-0.2, 0) is 6.54 Å². The maximum atomic E-state index is 13.9. The lowest BCUT2D eigenvalue weighted by Gasteiger charge is -2.33. The van der Waals surface area contributed by atoms with Gasteiger partial charge in [-0.1, -0.05) is 12.1 Å². The van der Waals surface area contributed by atoms with E-state index in [0.29, 0.717) is 42.4 Å². The van der Waals surface area contributed by atoms with Gasteiger partial charge in [0.1, 0.15) is 12.4 Å². The van der Waals surface area contributed by atoms with Gasteiger partial charge in [-0.15, -0.1) is 0 Å². The molecule has 4 rings (SSSR count). The van der Waals surface area contributed by atoms with E-state index < -0.39 is 0 Å². The Hall–Kier alpha value is -2.87. The Bertz CT molecular complexity index is 837. The number of hydrogen-bond donors (Lipinski definition) is 1. The highest BCUT2D eigenvalue weighted by Crippen LogP contribution is 2.37. The van der Waals surface area contributed by atoms with E-state index >= 15 is 0 Å². The fourth-order valence-electron chi connectivity index (χ4n) is 3.50. The number of rotatable bonds is 4. The molecule has 2 aromatic carbocycles. The maximum absolute atomic E-state index is 13.9. The Morgan fingerprint density at radius 1 is 1.15 bits per heavy atom. The minimum Gasteiger partial charge on any atom is -0.454 e. The molecule has 0 amide bonds. The number of hydrogen-bond acceptors (Lipinski definition) is 5. The third-order valence-electron chi connectivity index (χ3n) is 4.87. The lowest BCUT2D eigenvalue weighted by atomic mass is 10.1. The minimum atomic E-state index is -0.383. The Morgan fingerprint density at radius 2 is 1.85 bits per heavy atom. The first-order chi connectivity index (χ1) is 12.6. The Kier molecular flexibility index (Phi) is 4.34. The topological polar surface area (TPSA) is 69.3 Å². The highest BCUT2D eigenvalue weighted by molar-refractivity contribution is 5.55. The molecule has 2 aliphatic rings. The lowest BCUT2D eigenvalue weighted by Crippen LogP contribution is -3.13. The average molecular weight is 360 g/mol. The normalized spacial score (nSPS) is 16.7. The van der Waals surface area contributed by atoms with Crippen LogP contribution in [0.5, 0.6) is 11.5 Å². The second-order valence-electron chi connectivity index (χ2n) is 6.46. The quantitative estimate of drug-likeness (QED) is 0.659. The zero-order chi connectivity index (χ0) is 18.1. The van der Waals surface area contributed by atoms with E-state index in [-0.39, 0.29) is 23.2 Å². The second kappa shape index (κ2) is 6.80. The summed E-state index contributed by atoms with van der Waals surface area (Å²) in [5.41, 5.74) is 1.30. The SMILES string of the molecule is O=[N+]([O-])c1cc2c(cc1C[NH+]1CCN(c3ccccc3F)CC1)OCO2. The van der Waals surface area contributed by atoms with Gasteiger partial charge in [-0.3, -0.25) is 10.1 Å². The van der Waals surface area contributed by atoms with E-state index in [9.17, 15) is 14.5 Å². The molecule has 8 heteroatoms. The van der Waals surface area contributed by atoms with E-state index in [1.807, 2.05) is 11.0 Å². The molecular weight excluding hydrogens is 341 g/mol. The number of halogens is 1. The van der Waals surface area contributed by atoms with Crippen LogP contribution in [-0.4, -0.2) is 37.9 Å². The van der Waals surface area contributed by atoms with Gasteiger partial charge in [-0.25, -0.2) is 4.39 Å². The summed E-state index contributed by atoms with van der Waals surface area (Å²) < 4.78 is 24.5. The molecular formula is C18H19FN3O4+. The van der Waals surface area contributed by atoms with Crippen molar-refractivity contribution in [3.05, 3.63) is 57.9 Å². The molecule has 0 saturated carbocycles. The first-order valence-electron chi connectivity index (χ1n) is 8.52. The molecule has 0 radical (unpaired) electrons. The van der Waals surface area contributed by atoms with Gasteiger partial charge < -0.3 is 19.3 Å². The van der Waals surface area contributed by atoms with Gasteiger partial charge in [-0.2, -0.15) is 0 Å². The van der Waals surface area contributed by atoms with Crippen molar-refractivity contribution in [3.63, 3.8) is 0 Å². The zero-order valence-corrected chi connectivity index (χ0v) is 14.1. The van der Waals surface area contributed by atoms with E-state index in [4.69, 9.17) is 9.47 Å². The monoisotopic (exact) mass is 360 g/mol. The summed E-state index contributed by atoms with van der Waals surface area (Å²) in [6, 6.07) is 9.89. The summed E-state index contributed by atoms with van der Waals surface area (Å²) in [5, 5.41) is 11.4. The van der Waals surface area contributed by atoms with E-state index in [0.717, 1.165) is 13.1 Å². The van der Waals surface area contributed by atoms with Crippen LogP contribution < -0.4 is 19.3 Å². The summed E-state index contributed by atoms with van der Waals surface area (Å²) in [6.45, 7) is 3.57. The van der Waals surface area contributed by atoms with Gasteiger partial charge in [0.2, 0.25) is 6.79 Å². The van der Waals surface area contributed by atoms with Crippen molar-refractivity contribution in [2.45, 2.75) is 6.54 Å². The standard InChI is InChI=1S/C18H18FN3O4/c19-14-3-1-2-4-15(14)21-7-5-20(6-8-21)11-13-9-17-18(26-12-25-17)10-16(13)22(23)24/h1-4,9-10H,5-8,11-12H2/p+1. The van der Waals surface area contributed by atoms with Gasteiger partial charge in [0.05, 0.1) is 48.4 Å². The molecule has 0 aliphatic carbocycles. The molecule has 0 atom stereocenters. The van der Waals surface area contributed by atoms with Gasteiger partial charge >= 0.3 is 0 Å². The highest BCUT2D eigenvalue weighted by atomic mass is 19.1. The van der Waals surface area contributed by atoms with Gasteiger partial charge in [-0.05, 0) is 18.2 Å². The third-order valence-corrected chi connectivity index (χ3v) is 4.87. The van der Waals surface area contributed by atoms with Crippen LogP contribution in [0.2, 0.25) is 0 Å². The number of anilines is 1. The Morgan fingerprint density at radius 3 is 2.54 bits per heavy atom. The van der Waals surface area contributed by atoms with E-state index in [2.05, 4.69) is 0 Å². The summed E-state index contributed by atoms with van der Waals surface area (Å²) >= 11 is 0. The first kappa shape index (κ1) is 16.6. The molecule has 0 aromatic heterocycles. The molecule has 0 unspecified atom stereocenters. The smallest absolute Gasteiger partial charge is 0.282 e. The number of ether oxygens (including phenoxy) is 2. The van der Waals surface area contributed by atoms with Crippen molar-refractivity contribution >= 4 is 11.4 Å². The van der Waals surface area contributed by atoms with Gasteiger partial charge in [0.25, 0.3) is 5.69 Å². The number of fused-ring (bicyclic) bond motifs is 1. The fourth-order valence-corrected chi connectivity index (χ4v) is 3.50. The van der Waals surface area contributed by atoms with Crippen LogP contribution in [0.3, 0.4) is 0 Å². The molecule has 2 heterocycles. The van der Waals surface area contributed by atoms with Crippen molar-refractivity contribution in [2.24, 2.45) is 0 Å². The Balaban J connectivity index is 1.46. The first-order valence-corrected chi connectivity index (χ1v) is 8.52. The van der Waals surface area contributed by atoms with Crippen LogP contribution >= 0.6 is 0 Å². The summed E-state index contributed by atoms with van der Waals surface area (Å²) in [7, 11) is 0. The van der Waals surface area contributed by atoms with Crippen LogP contribution in [0.25, 0.3) is 0 Å². The van der Waals surface area contributed by atoms with Crippen LogP contribution in [0.15, 0.2) is 36.4 Å². The molecule has 0 spiro atoms. The molecule has 7 nitrogen and oxygen atoms in total. The van der Waals surface area contributed by atoms with Gasteiger partial charge in [0, 0.05) is 0 Å². The van der Waals surface area contributed by atoms with E-state index in [1.165, 1.54) is 17.0 Å². The number of benzene rings is 2. The average Bonchev–Trinajstić information content (AvgIpc) is 3.09. The highest BCUT2D eigenvalue weighted by Gasteiger charge is 2.28. The van der Waals surface area contributed by atoms with Crippen molar-refractivity contribution < 1.29 is 23.7 Å². The number of nitrogens with zero attached hydrogens (tertiary/aromatic N) is 2. The molecule has 26 heavy (non-hydrogen) atoms. The fraction of sp³-hybridized carbons (Fsp3) is 0.333. The van der Waals surface area contributed by atoms with Crippen LogP contribution in [0.1, 0.15) is 5.56 Å². The van der Waals surface area contributed by atoms with Crippen LogP contribution in [0, 0.1) is 15.9 Å². The predicted molar refractivity (Wildman–Crippen MR) is 92.2 cm³/mol. The molecule has 2 aromatic rings. The lowest BCUT2D eigenvalue weighted by molar-refractivity contribution is -0.914. The minimum absolute atomic E-state index is 0.0540. The Labute approximate surface area is 149 Å². The number of nitro benzene ring substituents is 1. The van der Waals surface area contributed by atoms with Crippen molar-refractivity contribution in [3.8, 4) is 11.5 Å². The number of nitro groups is 1. The molecule has 1 N–H and O–H groups in total. The maximum Gasteiger partial charge on any atom is 0.282 e. The largest absolute Gasteiger partial charge is 0.454 e. The predicted octanol–water partition coefficient (Wildman–Crippen LogP) is 1.37. The summed E-state index contributed by atoms with van der Waals surface area (Å²) in [6.07, 6.45) is 0. The third kappa shape index (κ3) is 3.15. The molecule has 2 aliphatic heterocycles. The van der Waals surface area contributed by atoms with Crippen molar-refractivity contribution in [2.75, 3.05) is 37.9 Å². The summed E-state index contributed by atoms with van der Waals surface area (Å²) in [4.78, 5) is 14.2. The molecule has 136 valence electrons. The second-order valence-corrected chi connectivity index (χ2v) is 6.46. The number of piperazine rings is 1. The van der Waals surface area contributed by atoms with Crippen LogP contribution in [0.4, 0.5) is 15.8 Å².